The monoisotopic (exact) mass is 343 g/mol. The van der Waals surface area contributed by atoms with E-state index < -0.39 is 5.82 Å². The van der Waals surface area contributed by atoms with Crippen LogP contribution in [0.3, 0.4) is 0 Å². The van der Waals surface area contributed by atoms with Gasteiger partial charge in [-0.1, -0.05) is 11.6 Å². The Morgan fingerprint density at radius 2 is 2.11 bits per heavy atom. The maximum Gasteiger partial charge on any atom is 0.152 e. The minimum absolute atomic E-state index is 0.0544. The van der Waals surface area contributed by atoms with E-state index in [1.54, 1.807) is 25.1 Å². The fourth-order valence-electron chi connectivity index (χ4n) is 1.70. The van der Waals surface area contributed by atoms with Crippen LogP contribution in [0.1, 0.15) is 12.7 Å². The smallest absolute Gasteiger partial charge is 0.152 e. The Balaban J connectivity index is 2.55. The van der Waals surface area contributed by atoms with Gasteiger partial charge in [-0.3, -0.25) is 0 Å². The zero-order valence-corrected chi connectivity index (χ0v) is 12.8. The third-order valence-electron chi connectivity index (χ3n) is 2.51. The highest BCUT2D eigenvalue weighted by molar-refractivity contribution is 9.10. The molecule has 6 heteroatoms. The molecule has 0 atom stereocenters. The van der Waals surface area contributed by atoms with Gasteiger partial charge >= 0.3 is 0 Å². The van der Waals surface area contributed by atoms with Gasteiger partial charge in [-0.2, -0.15) is 0 Å². The van der Waals surface area contributed by atoms with E-state index in [-0.39, 0.29) is 5.02 Å². The quantitative estimate of drug-likeness (QED) is 0.837. The highest BCUT2D eigenvalue weighted by atomic mass is 79.9. The molecule has 0 bridgehead atoms. The second-order valence-corrected chi connectivity index (χ2v) is 5.17. The molecule has 2 rings (SSSR count). The molecule has 0 saturated heterocycles. The van der Waals surface area contributed by atoms with Crippen LogP contribution in [0.5, 0.6) is 0 Å². The van der Waals surface area contributed by atoms with Crippen molar-refractivity contribution in [2.45, 2.75) is 13.8 Å². The van der Waals surface area contributed by atoms with Gasteiger partial charge < -0.3 is 5.32 Å². The standard InChI is InChI=1S/C13H12BrClFN3/c1-3-17-11-6-10(18-7(2)19-11)8-4-5-9(14)12(15)13(8)16/h4-6H,3H2,1-2H3,(H,17,18,19). The van der Waals surface area contributed by atoms with Crippen LogP contribution in [0, 0.1) is 12.7 Å². The first-order valence-electron chi connectivity index (χ1n) is 5.76. The number of anilines is 1. The van der Waals surface area contributed by atoms with Gasteiger partial charge in [0.15, 0.2) is 5.82 Å². The maximum atomic E-state index is 14.2. The Labute approximate surface area is 124 Å². The van der Waals surface area contributed by atoms with Crippen molar-refractivity contribution in [3.8, 4) is 11.3 Å². The molecule has 0 aliphatic heterocycles. The van der Waals surface area contributed by atoms with Crippen LogP contribution in [0.15, 0.2) is 22.7 Å². The van der Waals surface area contributed by atoms with E-state index in [0.717, 1.165) is 6.54 Å². The summed E-state index contributed by atoms with van der Waals surface area (Å²) in [4.78, 5) is 8.48. The largest absolute Gasteiger partial charge is 0.370 e. The fourth-order valence-corrected chi connectivity index (χ4v) is 2.17. The van der Waals surface area contributed by atoms with Crippen LogP contribution in [0.25, 0.3) is 11.3 Å². The Bertz CT molecular complexity index is 619. The highest BCUT2D eigenvalue weighted by Gasteiger charge is 2.14. The Morgan fingerprint density at radius 3 is 2.79 bits per heavy atom. The van der Waals surface area contributed by atoms with Gasteiger partial charge in [0.1, 0.15) is 11.6 Å². The lowest BCUT2D eigenvalue weighted by atomic mass is 10.1. The first-order chi connectivity index (χ1) is 9.02. The van der Waals surface area contributed by atoms with Crippen LogP contribution in [0.4, 0.5) is 10.2 Å². The summed E-state index contributed by atoms with van der Waals surface area (Å²) >= 11 is 9.08. The molecule has 0 aliphatic rings. The minimum Gasteiger partial charge on any atom is -0.370 e. The number of aromatic nitrogens is 2. The van der Waals surface area contributed by atoms with Crippen molar-refractivity contribution in [3.63, 3.8) is 0 Å². The zero-order valence-electron chi connectivity index (χ0n) is 10.5. The van der Waals surface area contributed by atoms with Gasteiger partial charge in [0.2, 0.25) is 0 Å². The maximum absolute atomic E-state index is 14.2. The third kappa shape index (κ3) is 3.04. The van der Waals surface area contributed by atoms with E-state index in [1.165, 1.54) is 0 Å². The normalized spacial score (nSPS) is 10.6. The summed E-state index contributed by atoms with van der Waals surface area (Å²) in [5.74, 6) is 0.756. The number of nitrogens with zero attached hydrogens (tertiary/aromatic N) is 2. The van der Waals surface area contributed by atoms with Crippen LogP contribution in [-0.4, -0.2) is 16.5 Å². The van der Waals surface area contributed by atoms with Gasteiger partial charge in [0.25, 0.3) is 0 Å². The molecule has 1 N–H and O–H groups in total. The zero-order chi connectivity index (χ0) is 14.0. The van der Waals surface area contributed by atoms with Gasteiger partial charge in [0.05, 0.1) is 10.7 Å². The van der Waals surface area contributed by atoms with Gasteiger partial charge in [-0.15, -0.1) is 0 Å². The topological polar surface area (TPSA) is 37.8 Å². The molecule has 0 aliphatic carbocycles. The molecule has 0 amide bonds. The highest BCUT2D eigenvalue weighted by Crippen LogP contribution is 2.32. The molecule has 0 radical (unpaired) electrons. The lowest BCUT2D eigenvalue weighted by Crippen LogP contribution is -2.03. The van der Waals surface area contributed by atoms with Crippen molar-refractivity contribution in [2.24, 2.45) is 0 Å². The van der Waals surface area contributed by atoms with Crippen molar-refractivity contribution >= 4 is 33.3 Å². The predicted molar refractivity (Wildman–Crippen MR) is 79.0 cm³/mol. The molecule has 3 nitrogen and oxygen atoms in total. The lowest BCUT2D eigenvalue weighted by molar-refractivity contribution is 0.630. The summed E-state index contributed by atoms with van der Waals surface area (Å²) in [6, 6.07) is 5.05. The van der Waals surface area contributed by atoms with Crippen LogP contribution in [0.2, 0.25) is 5.02 Å². The Hall–Kier alpha value is -1.20. The fraction of sp³-hybridized carbons (Fsp3) is 0.231. The summed E-state index contributed by atoms with van der Waals surface area (Å²) in [6.07, 6.45) is 0. The van der Waals surface area contributed by atoms with Crippen molar-refractivity contribution in [1.82, 2.24) is 9.97 Å². The predicted octanol–water partition coefficient (Wildman–Crippen LogP) is 4.44. The summed E-state index contributed by atoms with van der Waals surface area (Å²) in [7, 11) is 0. The summed E-state index contributed by atoms with van der Waals surface area (Å²) in [5.41, 5.74) is 0.869. The number of hydrogen-bond acceptors (Lipinski definition) is 3. The Kier molecular flexibility index (Phi) is 4.37. The molecule has 0 saturated carbocycles. The van der Waals surface area contributed by atoms with Gasteiger partial charge in [-0.25, -0.2) is 14.4 Å². The molecule has 100 valence electrons. The van der Waals surface area contributed by atoms with E-state index in [2.05, 4.69) is 31.2 Å². The number of rotatable bonds is 3. The number of nitrogens with one attached hydrogen (secondary N) is 1. The van der Waals surface area contributed by atoms with Crippen LogP contribution < -0.4 is 5.32 Å². The minimum atomic E-state index is -0.489. The van der Waals surface area contributed by atoms with E-state index in [0.29, 0.717) is 27.4 Å². The second-order valence-electron chi connectivity index (χ2n) is 3.94. The van der Waals surface area contributed by atoms with Crippen molar-refractivity contribution in [1.29, 1.82) is 0 Å². The molecular formula is C13H12BrClFN3. The van der Waals surface area contributed by atoms with Gasteiger partial charge in [-0.05, 0) is 41.9 Å². The summed E-state index contributed by atoms with van der Waals surface area (Å²) in [6.45, 7) is 4.47. The number of hydrogen-bond donors (Lipinski definition) is 1. The molecule has 2 aromatic rings. The molecule has 0 spiro atoms. The van der Waals surface area contributed by atoms with Crippen LogP contribution in [-0.2, 0) is 0 Å². The molecule has 0 unspecified atom stereocenters. The number of halogens is 3. The SMILES string of the molecule is CCNc1cc(-c2ccc(Br)c(Cl)c2F)nc(C)n1. The first kappa shape index (κ1) is 14.2. The van der Waals surface area contributed by atoms with Crippen molar-refractivity contribution in [3.05, 3.63) is 39.3 Å². The Morgan fingerprint density at radius 1 is 1.37 bits per heavy atom. The summed E-state index contributed by atoms with van der Waals surface area (Å²) in [5, 5.41) is 3.14. The summed E-state index contributed by atoms with van der Waals surface area (Å²) < 4.78 is 14.7. The number of benzene rings is 1. The molecule has 1 aromatic heterocycles. The lowest BCUT2D eigenvalue weighted by Gasteiger charge is -2.09. The van der Waals surface area contributed by atoms with E-state index in [4.69, 9.17) is 11.6 Å². The number of aryl methyl sites for hydroxylation is 1. The first-order valence-corrected chi connectivity index (χ1v) is 6.93. The van der Waals surface area contributed by atoms with E-state index in [9.17, 15) is 4.39 Å². The second kappa shape index (κ2) is 5.84. The molecular weight excluding hydrogens is 333 g/mol. The molecule has 1 aromatic carbocycles. The van der Waals surface area contributed by atoms with E-state index in [1.807, 2.05) is 6.92 Å². The third-order valence-corrected chi connectivity index (χ3v) is 3.77. The average molecular weight is 345 g/mol. The van der Waals surface area contributed by atoms with E-state index >= 15 is 0 Å². The van der Waals surface area contributed by atoms with Gasteiger partial charge in [0, 0.05) is 22.6 Å². The van der Waals surface area contributed by atoms with Crippen LogP contribution >= 0.6 is 27.5 Å². The van der Waals surface area contributed by atoms with Crippen molar-refractivity contribution < 1.29 is 4.39 Å². The average Bonchev–Trinajstić information content (AvgIpc) is 2.36. The molecule has 0 fully saturated rings. The molecule has 1 heterocycles. The molecule has 19 heavy (non-hydrogen) atoms. The van der Waals surface area contributed by atoms with Crippen molar-refractivity contribution in [2.75, 3.05) is 11.9 Å².